The quantitative estimate of drug-likeness (QED) is 0.616. The molecular weight excluding hydrogens is 360 g/mol. The van der Waals surface area contributed by atoms with E-state index in [1.165, 1.54) is 11.3 Å². The van der Waals surface area contributed by atoms with Crippen LogP contribution in [0.15, 0.2) is 47.5 Å². The molecule has 3 rings (SSSR count). The van der Waals surface area contributed by atoms with E-state index in [1.807, 2.05) is 54.0 Å². The van der Waals surface area contributed by atoms with Gasteiger partial charge in [0.05, 0.1) is 36.9 Å². The third-order valence-electron chi connectivity index (χ3n) is 3.95. The van der Waals surface area contributed by atoms with Gasteiger partial charge in [0.2, 0.25) is 0 Å². The van der Waals surface area contributed by atoms with Gasteiger partial charge in [-0.1, -0.05) is 29.4 Å². The molecule has 2 aromatic carbocycles. The van der Waals surface area contributed by atoms with Crippen LogP contribution in [0.1, 0.15) is 12.5 Å². The number of thiazole rings is 1. The Morgan fingerprint density at radius 2 is 1.96 bits per heavy atom. The lowest BCUT2D eigenvalue weighted by atomic mass is 10.1. The number of carbonyl (C=O) groups is 1. The predicted octanol–water partition coefficient (Wildman–Crippen LogP) is 3.41. The molecule has 0 aliphatic carbocycles. The lowest BCUT2D eigenvalue weighted by molar-refractivity contribution is -0.117. The second-order valence-electron chi connectivity index (χ2n) is 5.77. The van der Waals surface area contributed by atoms with Gasteiger partial charge in [-0.05, 0) is 42.8 Å². The Morgan fingerprint density at radius 3 is 2.63 bits per heavy atom. The number of carbonyl (C=O) groups excluding carboxylic acids is 1. The maximum atomic E-state index is 12.5. The molecule has 0 aliphatic heterocycles. The molecular formula is C21H20N2O3S. The fourth-order valence-corrected chi connectivity index (χ4v) is 3.78. The van der Waals surface area contributed by atoms with Crippen molar-refractivity contribution in [3.63, 3.8) is 0 Å². The van der Waals surface area contributed by atoms with Crippen LogP contribution >= 0.6 is 11.3 Å². The van der Waals surface area contributed by atoms with E-state index in [-0.39, 0.29) is 12.3 Å². The van der Waals surface area contributed by atoms with Gasteiger partial charge in [0, 0.05) is 0 Å². The van der Waals surface area contributed by atoms with Crippen molar-refractivity contribution in [2.45, 2.75) is 19.9 Å². The molecule has 0 unspecified atom stereocenters. The number of nitrogens with zero attached hydrogens (tertiary/aromatic N) is 2. The number of fused-ring (bicyclic) bond motifs is 1. The third-order valence-corrected chi connectivity index (χ3v) is 4.99. The number of hydrogen-bond donors (Lipinski definition) is 0. The first-order valence-corrected chi connectivity index (χ1v) is 9.36. The number of hydrogen-bond acceptors (Lipinski definition) is 4. The highest BCUT2D eigenvalue weighted by molar-refractivity contribution is 7.16. The van der Waals surface area contributed by atoms with Crippen LogP contribution < -0.4 is 14.3 Å². The molecule has 1 heterocycles. The van der Waals surface area contributed by atoms with Crippen LogP contribution in [0.4, 0.5) is 0 Å². The van der Waals surface area contributed by atoms with Crippen LogP contribution in [-0.2, 0) is 17.8 Å². The first-order chi connectivity index (χ1) is 13.1. The molecule has 27 heavy (non-hydrogen) atoms. The summed E-state index contributed by atoms with van der Waals surface area (Å²) in [5, 5.41) is 0. The van der Waals surface area contributed by atoms with Gasteiger partial charge in [0.25, 0.3) is 5.91 Å². The average molecular weight is 380 g/mol. The maximum absolute atomic E-state index is 12.5. The van der Waals surface area contributed by atoms with E-state index in [0.29, 0.717) is 18.0 Å². The summed E-state index contributed by atoms with van der Waals surface area (Å²) in [6, 6.07) is 13.2. The normalized spacial score (nSPS) is 11.4. The molecule has 0 aliphatic rings. The van der Waals surface area contributed by atoms with Crippen molar-refractivity contribution in [2.24, 2.45) is 4.99 Å². The number of rotatable bonds is 6. The number of aromatic nitrogens is 1. The van der Waals surface area contributed by atoms with Crippen molar-refractivity contribution in [2.75, 3.05) is 13.7 Å². The molecule has 1 amide bonds. The van der Waals surface area contributed by atoms with Crippen molar-refractivity contribution < 1.29 is 14.3 Å². The van der Waals surface area contributed by atoms with Crippen molar-refractivity contribution in [3.05, 3.63) is 52.8 Å². The van der Waals surface area contributed by atoms with Gasteiger partial charge in [-0.3, -0.25) is 4.79 Å². The highest BCUT2D eigenvalue weighted by atomic mass is 32.1. The van der Waals surface area contributed by atoms with Crippen LogP contribution in [0.2, 0.25) is 0 Å². The Hall–Kier alpha value is -3.04. The van der Waals surface area contributed by atoms with E-state index in [1.54, 1.807) is 7.11 Å². The zero-order valence-electron chi connectivity index (χ0n) is 15.3. The monoisotopic (exact) mass is 380 g/mol. The predicted molar refractivity (Wildman–Crippen MR) is 107 cm³/mol. The molecule has 0 saturated carbocycles. The van der Waals surface area contributed by atoms with Gasteiger partial charge >= 0.3 is 0 Å². The Labute approximate surface area is 161 Å². The zero-order valence-corrected chi connectivity index (χ0v) is 16.1. The van der Waals surface area contributed by atoms with E-state index in [0.717, 1.165) is 27.3 Å². The molecule has 1 aromatic heterocycles. The van der Waals surface area contributed by atoms with Gasteiger partial charge in [-0.25, -0.2) is 0 Å². The second kappa shape index (κ2) is 8.56. The molecule has 0 saturated heterocycles. The van der Waals surface area contributed by atoms with Gasteiger partial charge in [-0.2, -0.15) is 4.99 Å². The molecule has 6 heteroatoms. The molecule has 0 spiro atoms. The molecule has 0 radical (unpaired) electrons. The SMILES string of the molecule is C#CCn1c(=NC(=O)Cc2ccc(OC)cc2)sc2cc(OCC)ccc21. The first-order valence-electron chi connectivity index (χ1n) is 8.54. The average Bonchev–Trinajstić information content (AvgIpc) is 2.99. The summed E-state index contributed by atoms with van der Waals surface area (Å²) < 4.78 is 13.5. The minimum absolute atomic E-state index is 0.220. The van der Waals surface area contributed by atoms with E-state index in [4.69, 9.17) is 15.9 Å². The molecule has 138 valence electrons. The zero-order chi connectivity index (χ0) is 19.2. The Kier molecular flexibility index (Phi) is 5.94. The van der Waals surface area contributed by atoms with Crippen LogP contribution in [0.25, 0.3) is 10.2 Å². The molecule has 0 atom stereocenters. The second-order valence-corrected chi connectivity index (χ2v) is 6.78. The summed E-state index contributed by atoms with van der Waals surface area (Å²) in [4.78, 5) is 17.4. The standard InChI is InChI=1S/C21H20N2O3S/c1-4-12-23-18-11-10-17(26-5-2)14-19(18)27-21(23)22-20(24)13-15-6-8-16(25-3)9-7-15/h1,6-11,14H,5,12-13H2,2-3H3. The van der Waals surface area contributed by atoms with Crippen molar-refractivity contribution in [1.29, 1.82) is 0 Å². The fraction of sp³-hybridized carbons (Fsp3) is 0.238. The third kappa shape index (κ3) is 4.39. The maximum Gasteiger partial charge on any atom is 0.252 e. The van der Waals surface area contributed by atoms with Crippen LogP contribution in [0.3, 0.4) is 0 Å². The van der Waals surface area contributed by atoms with Gasteiger partial charge in [-0.15, -0.1) is 6.42 Å². The van der Waals surface area contributed by atoms with E-state index < -0.39 is 0 Å². The first kappa shape index (κ1) is 18.7. The summed E-state index contributed by atoms with van der Waals surface area (Å²) in [5.74, 6) is 3.95. The highest BCUT2D eigenvalue weighted by Crippen LogP contribution is 2.23. The number of terminal acetylenes is 1. The summed E-state index contributed by atoms with van der Waals surface area (Å²) in [7, 11) is 1.61. The van der Waals surface area contributed by atoms with Crippen LogP contribution in [0.5, 0.6) is 11.5 Å². The lowest BCUT2D eigenvalue weighted by Crippen LogP contribution is -2.17. The highest BCUT2D eigenvalue weighted by Gasteiger charge is 2.09. The Morgan fingerprint density at radius 1 is 1.22 bits per heavy atom. The minimum Gasteiger partial charge on any atom is -0.497 e. The van der Waals surface area contributed by atoms with Crippen molar-refractivity contribution >= 4 is 27.5 Å². The number of amides is 1. The lowest BCUT2D eigenvalue weighted by Gasteiger charge is -2.03. The summed E-state index contributed by atoms with van der Waals surface area (Å²) in [6.07, 6.45) is 5.73. The molecule has 0 bridgehead atoms. The minimum atomic E-state index is -0.220. The Bertz CT molecular complexity index is 1060. The number of methoxy groups -OCH3 is 1. The molecule has 3 aromatic rings. The number of benzene rings is 2. The van der Waals surface area contributed by atoms with Crippen molar-refractivity contribution in [1.82, 2.24) is 4.57 Å². The van der Waals surface area contributed by atoms with Crippen molar-refractivity contribution in [3.8, 4) is 23.8 Å². The van der Waals surface area contributed by atoms with Crippen LogP contribution in [0, 0.1) is 12.3 Å². The summed E-state index contributed by atoms with van der Waals surface area (Å²) in [6.45, 7) is 2.89. The van der Waals surface area contributed by atoms with E-state index in [2.05, 4.69) is 10.9 Å². The molecule has 0 N–H and O–H groups in total. The summed E-state index contributed by atoms with van der Waals surface area (Å²) >= 11 is 1.43. The van der Waals surface area contributed by atoms with Gasteiger partial charge < -0.3 is 14.0 Å². The number of ether oxygens (including phenoxy) is 2. The largest absolute Gasteiger partial charge is 0.497 e. The smallest absolute Gasteiger partial charge is 0.252 e. The molecule has 5 nitrogen and oxygen atoms in total. The topological polar surface area (TPSA) is 52.8 Å². The Balaban J connectivity index is 1.94. The van der Waals surface area contributed by atoms with Crippen LogP contribution in [-0.4, -0.2) is 24.2 Å². The summed E-state index contributed by atoms with van der Waals surface area (Å²) in [5.41, 5.74) is 1.82. The fourth-order valence-electron chi connectivity index (χ4n) is 2.70. The van der Waals surface area contributed by atoms with E-state index in [9.17, 15) is 4.79 Å². The van der Waals surface area contributed by atoms with Gasteiger partial charge in [0.15, 0.2) is 4.80 Å². The van der Waals surface area contributed by atoms with E-state index >= 15 is 0 Å². The van der Waals surface area contributed by atoms with Gasteiger partial charge in [0.1, 0.15) is 11.5 Å². The molecule has 0 fully saturated rings.